The summed E-state index contributed by atoms with van der Waals surface area (Å²) in [5.74, 6) is 1.96. The smallest absolute Gasteiger partial charge is 0.217 e. The molecule has 2 unspecified atom stereocenters. The van der Waals surface area contributed by atoms with Gasteiger partial charge in [0.2, 0.25) is 5.91 Å². The van der Waals surface area contributed by atoms with Crippen molar-refractivity contribution in [2.75, 3.05) is 46.4 Å². The maximum absolute atomic E-state index is 11.4. The molecule has 2 atom stereocenters. The monoisotopic (exact) mass is 429 g/mol. The molecule has 0 radical (unpaired) electrons. The van der Waals surface area contributed by atoms with Crippen molar-refractivity contribution in [3.63, 3.8) is 0 Å². The number of piperidine rings is 2. The van der Waals surface area contributed by atoms with Gasteiger partial charge in [-0.25, -0.2) is 0 Å². The molecule has 2 saturated heterocycles. The van der Waals surface area contributed by atoms with Gasteiger partial charge in [0.1, 0.15) is 5.75 Å². The van der Waals surface area contributed by atoms with Crippen molar-refractivity contribution in [1.82, 2.24) is 15.1 Å². The van der Waals surface area contributed by atoms with Crippen molar-refractivity contribution in [1.29, 1.82) is 0 Å². The number of nitrogens with one attached hydrogen (secondary N) is 1. The molecule has 0 saturated carbocycles. The molecule has 3 rings (SSSR count). The number of carbonyl (C=O) groups excluding carboxylic acids is 1. The summed E-state index contributed by atoms with van der Waals surface area (Å²) in [5, 5.41) is 3.47. The number of likely N-dealkylation sites (tertiary alicyclic amines) is 2. The molecule has 0 aromatic heterocycles. The van der Waals surface area contributed by atoms with E-state index in [-0.39, 0.29) is 11.9 Å². The van der Waals surface area contributed by atoms with Crippen LogP contribution in [0.2, 0.25) is 0 Å². The van der Waals surface area contributed by atoms with Gasteiger partial charge in [0.15, 0.2) is 5.96 Å². The lowest BCUT2D eigenvalue weighted by Gasteiger charge is -2.36. The van der Waals surface area contributed by atoms with Crippen LogP contribution in [0.25, 0.3) is 0 Å². The number of para-hydroxylation sites is 1. The van der Waals surface area contributed by atoms with Crippen molar-refractivity contribution < 1.29 is 9.53 Å². The van der Waals surface area contributed by atoms with Crippen LogP contribution in [0.15, 0.2) is 29.3 Å². The molecular weight excluding hydrogens is 390 g/mol. The highest BCUT2D eigenvalue weighted by atomic mass is 16.5. The second kappa shape index (κ2) is 11.9. The van der Waals surface area contributed by atoms with Crippen LogP contribution in [0.5, 0.6) is 5.75 Å². The summed E-state index contributed by atoms with van der Waals surface area (Å²) < 4.78 is 5.69. The van der Waals surface area contributed by atoms with E-state index in [1.54, 1.807) is 7.11 Å². The standard InChI is InChI=1S/C24H39N5O2/c1-3-26-24(29-15-9-10-19(18-29)16-23(25)30)27-17-21(28-13-7-4-8-14-28)20-11-5-6-12-22(20)31-2/h5-6,11-12,19,21H,3-4,7-10,13-18H2,1-2H3,(H2,25,30)(H,26,27). The van der Waals surface area contributed by atoms with E-state index >= 15 is 0 Å². The number of nitrogens with two attached hydrogens (primary N) is 1. The molecule has 7 heteroatoms. The Morgan fingerprint density at radius 2 is 2.00 bits per heavy atom. The molecule has 3 N–H and O–H groups in total. The topological polar surface area (TPSA) is 83.2 Å². The lowest BCUT2D eigenvalue weighted by Crippen LogP contribution is -2.47. The second-order valence-electron chi connectivity index (χ2n) is 8.67. The Labute approximate surface area is 187 Å². The Kier molecular flexibility index (Phi) is 9.00. The van der Waals surface area contributed by atoms with E-state index in [1.807, 2.05) is 12.1 Å². The molecule has 2 aliphatic heterocycles. The molecule has 1 aromatic rings. The fraction of sp³-hybridized carbons (Fsp3) is 0.667. The van der Waals surface area contributed by atoms with Gasteiger partial charge in [0.05, 0.1) is 19.7 Å². The fourth-order valence-corrected chi connectivity index (χ4v) is 4.89. The summed E-state index contributed by atoms with van der Waals surface area (Å²) in [7, 11) is 1.74. The normalized spacial score (nSPS) is 21.5. The minimum Gasteiger partial charge on any atom is -0.496 e. The molecule has 1 amide bonds. The Hall–Kier alpha value is -2.28. The third-order valence-electron chi connectivity index (χ3n) is 6.39. The molecule has 1 aromatic carbocycles. The van der Waals surface area contributed by atoms with Crippen LogP contribution < -0.4 is 15.8 Å². The summed E-state index contributed by atoms with van der Waals surface area (Å²) in [6.07, 6.45) is 6.33. The minimum absolute atomic E-state index is 0.191. The van der Waals surface area contributed by atoms with Gasteiger partial charge < -0.3 is 20.7 Å². The lowest BCUT2D eigenvalue weighted by molar-refractivity contribution is -0.119. The molecule has 2 heterocycles. The number of carbonyl (C=O) groups is 1. The zero-order chi connectivity index (χ0) is 22.1. The number of rotatable bonds is 8. The van der Waals surface area contributed by atoms with E-state index in [2.05, 4.69) is 34.2 Å². The minimum atomic E-state index is -0.213. The fourth-order valence-electron chi connectivity index (χ4n) is 4.89. The quantitative estimate of drug-likeness (QED) is 0.490. The average Bonchev–Trinajstić information content (AvgIpc) is 2.79. The van der Waals surface area contributed by atoms with Crippen LogP contribution in [-0.2, 0) is 4.79 Å². The number of primary amides is 1. The maximum atomic E-state index is 11.4. The van der Waals surface area contributed by atoms with Crippen molar-refractivity contribution in [2.24, 2.45) is 16.6 Å². The van der Waals surface area contributed by atoms with Gasteiger partial charge in [0.25, 0.3) is 0 Å². The van der Waals surface area contributed by atoms with Crippen molar-refractivity contribution >= 4 is 11.9 Å². The van der Waals surface area contributed by atoms with E-state index in [1.165, 1.54) is 24.8 Å². The zero-order valence-corrected chi connectivity index (χ0v) is 19.2. The largest absolute Gasteiger partial charge is 0.496 e. The molecule has 0 aliphatic carbocycles. The number of ether oxygens (including phenoxy) is 1. The van der Waals surface area contributed by atoms with Gasteiger partial charge >= 0.3 is 0 Å². The molecule has 0 bridgehead atoms. The van der Waals surface area contributed by atoms with Crippen LogP contribution in [0.1, 0.15) is 57.1 Å². The predicted octanol–water partition coefficient (Wildman–Crippen LogP) is 2.78. The Morgan fingerprint density at radius 1 is 1.23 bits per heavy atom. The highest BCUT2D eigenvalue weighted by Gasteiger charge is 2.27. The van der Waals surface area contributed by atoms with Crippen LogP contribution in [0, 0.1) is 5.92 Å². The second-order valence-corrected chi connectivity index (χ2v) is 8.67. The van der Waals surface area contributed by atoms with Crippen LogP contribution >= 0.6 is 0 Å². The van der Waals surface area contributed by atoms with Crippen LogP contribution in [-0.4, -0.2) is 68.0 Å². The number of benzene rings is 1. The molecule has 172 valence electrons. The Morgan fingerprint density at radius 3 is 2.71 bits per heavy atom. The van der Waals surface area contributed by atoms with E-state index in [9.17, 15) is 4.79 Å². The molecule has 31 heavy (non-hydrogen) atoms. The Balaban J connectivity index is 1.81. The molecule has 7 nitrogen and oxygen atoms in total. The molecule has 0 spiro atoms. The summed E-state index contributed by atoms with van der Waals surface area (Å²) >= 11 is 0. The summed E-state index contributed by atoms with van der Waals surface area (Å²) in [6.45, 7) is 7.58. The first-order chi connectivity index (χ1) is 15.1. The van der Waals surface area contributed by atoms with Gasteiger partial charge in [-0.15, -0.1) is 0 Å². The third kappa shape index (κ3) is 6.60. The number of guanidine groups is 1. The number of aliphatic imine (C=N–C) groups is 1. The number of hydrogen-bond acceptors (Lipinski definition) is 4. The first-order valence-electron chi connectivity index (χ1n) is 11.8. The van der Waals surface area contributed by atoms with Gasteiger partial charge in [-0.3, -0.25) is 14.7 Å². The summed E-state index contributed by atoms with van der Waals surface area (Å²) in [5.41, 5.74) is 6.66. The van der Waals surface area contributed by atoms with Gasteiger partial charge in [-0.2, -0.15) is 0 Å². The van der Waals surface area contributed by atoms with Crippen molar-refractivity contribution in [3.8, 4) is 5.75 Å². The maximum Gasteiger partial charge on any atom is 0.217 e. The van der Waals surface area contributed by atoms with Crippen LogP contribution in [0.4, 0.5) is 0 Å². The number of methoxy groups -OCH3 is 1. The predicted molar refractivity (Wildman–Crippen MR) is 125 cm³/mol. The summed E-state index contributed by atoms with van der Waals surface area (Å²) in [6, 6.07) is 8.51. The highest BCUT2D eigenvalue weighted by Crippen LogP contribution is 2.31. The number of nitrogens with zero attached hydrogens (tertiary/aromatic N) is 3. The third-order valence-corrected chi connectivity index (χ3v) is 6.39. The first kappa shape index (κ1) is 23.4. The molecular formula is C24H39N5O2. The van der Waals surface area contributed by atoms with E-state index in [0.717, 1.165) is 57.3 Å². The lowest BCUT2D eigenvalue weighted by atomic mass is 9.95. The van der Waals surface area contributed by atoms with E-state index in [0.29, 0.717) is 18.9 Å². The average molecular weight is 430 g/mol. The number of hydrogen-bond donors (Lipinski definition) is 2. The SMILES string of the molecule is CCNC(=NCC(c1ccccc1OC)N1CCCCC1)N1CCCC(CC(N)=O)C1. The molecule has 2 fully saturated rings. The van der Waals surface area contributed by atoms with E-state index in [4.69, 9.17) is 15.5 Å². The van der Waals surface area contributed by atoms with Crippen LogP contribution in [0.3, 0.4) is 0 Å². The zero-order valence-electron chi connectivity index (χ0n) is 19.2. The molecule has 2 aliphatic rings. The first-order valence-corrected chi connectivity index (χ1v) is 11.8. The van der Waals surface area contributed by atoms with Gasteiger partial charge in [-0.05, 0) is 57.7 Å². The van der Waals surface area contributed by atoms with Gasteiger partial charge in [-0.1, -0.05) is 24.6 Å². The van der Waals surface area contributed by atoms with Crippen molar-refractivity contribution in [2.45, 2.75) is 51.5 Å². The summed E-state index contributed by atoms with van der Waals surface area (Å²) in [4.78, 5) is 21.4. The number of amides is 1. The Bertz CT molecular complexity index is 732. The van der Waals surface area contributed by atoms with Gasteiger partial charge in [0, 0.05) is 31.6 Å². The van der Waals surface area contributed by atoms with Crippen molar-refractivity contribution in [3.05, 3.63) is 29.8 Å². The highest BCUT2D eigenvalue weighted by molar-refractivity contribution is 5.80. The van der Waals surface area contributed by atoms with E-state index < -0.39 is 0 Å².